The molecular weight excluding hydrogens is 416 g/mol. The second-order valence-corrected chi connectivity index (χ2v) is 6.77. The number of benzene rings is 1. The average Bonchev–Trinajstić information content (AvgIpc) is 2.41. The first-order valence-electron chi connectivity index (χ1n) is 5.38. The highest BCUT2D eigenvalue weighted by Crippen LogP contribution is 2.23. The van der Waals surface area contributed by atoms with Crippen molar-refractivity contribution in [3.05, 3.63) is 56.0 Å². The monoisotopic (exact) mass is 423 g/mol. The van der Waals surface area contributed by atoms with Gasteiger partial charge in [0.05, 0.1) is 9.82 Å². The zero-order valence-electron chi connectivity index (χ0n) is 10.2. The van der Waals surface area contributed by atoms with E-state index in [4.69, 9.17) is 0 Å². The van der Waals surface area contributed by atoms with Crippen LogP contribution in [-0.2, 0) is 10.0 Å². The number of rotatable bonds is 4. The molecule has 0 amide bonds. The number of nitro benzene ring substituents is 1. The molecule has 0 atom stereocenters. The van der Waals surface area contributed by atoms with Crippen LogP contribution in [0.1, 0.15) is 0 Å². The van der Waals surface area contributed by atoms with E-state index >= 15 is 0 Å². The summed E-state index contributed by atoms with van der Waals surface area (Å²) in [5.74, 6) is -1.05. The van der Waals surface area contributed by atoms with Crippen molar-refractivity contribution in [1.29, 1.82) is 0 Å². The van der Waals surface area contributed by atoms with Crippen molar-refractivity contribution in [2.75, 3.05) is 4.72 Å². The Bertz CT molecular complexity index is 796. The zero-order chi connectivity index (χ0) is 15.6. The normalized spacial score (nSPS) is 11.1. The molecule has 0 saturated carbocycles. The first-order chi connectivity index (χ1) is 9.79. The topological polar surface area (TPSA) is 102 Å². The Kier molecular flexibility index (Phi) is 4.37. The maximum Gasteiger partial charge on any atom is 0.306 e. The molecule has 1 aromatic heterocycles. The molecular formula is C11H7FIN3O4S. The molecule has 21 heavy (non-hydrogen) atoms. The summed E-state index contributed by atoms with van der Waals surface area (Å²) in [5, 5.41) is 10.6. The molecule has 110 valence electrons. The maximum atomic E-state index is 13.2. The van der Waals surface area contributed by atoms with Gasteiger partial charge in [0.1, 0.15) is 5.82 Å². The third-order valence-electron chi connectivity index (χ3n) is 2.39. The Morgan fingerprint density at radius 2 is 2.00 bits per heavy atom. The molecule has 10 heteroatoms. The standard InChI is InChI=1S/C11H7FIN3O4S/c12-9-3-2-8(5-10(9)16(17)18)21(19,20)15-11-4-1-7(13)6-14-11/h1-6H,(H,14,15). The predicted octanol–water partition coefficient (Wildman–Crippen LogP) is 2.53. The largest absolute Gasteiger partial charge is 0.306 e. The molecule has 0 spiro atoms. The number of nitro groups is 1. The molecule has 0 bridgehead atoms. The highest BCUT2D eigenvalue weighted by molar-refractivity contribution is 14.1. The lowest BCUT2D eigenvalue weighted by molar-refractivity contribution is -0.387. The molecule has 0 aliphatic rings. The highest BCUT2D eigenvalue weighted by atomic mass is 127. The first kappa shape index (κ1) is 15.6. The smallest absolute Gasteiger partial charge is 0.263 e. The number of nitrogens with one attached hydrogen (secondary N) is 1. The summed E-state index contributed by atoms with van der Waals surface area (Å²) in [4.78, 5) is 13.1. The molecule has 0 unspecified atom stereocenters. The van der Waals surface area contributed by atoms with Gasteiger partial charge in [-0.1, -0.05) is 0 Å². The molecule has 0 fully saturated rings. The average molecular weight is 423 g/mol. The quantitative estimate of drug-likeness (QED) is 0.463. The van der Waals surface area contributed by atoms with E-state index < -0.39 is 31.3 Å². The van der Waals surface area contributed by atoms with Crippen molar-refractivity contribution in [1.82, 2.24) is 4.98 Å². The van der Waals surface area contributed by atoms with Gasteiger partial charge in [0.25, 0.3) is 10.0 Å². The zero-order valence-corrected chi connectivity index (χ0v) is 13.1. The number of nitrogens with zero attached hydrogens (tertiary/aromatic N) is 2. The van der Waals surface area contributed by atoms with E-state index in [0.29, 0.717) is 6.07 Å². The number of hydrogen-bond donors (Lipinski definition) is 1. The van der Waals surface area contributed by atoms with Crippen LogP contribution in [0.4, 0.5) is 15.9 Å². The van der Waals surface area contributed by atoms with Gasteiger partial charge in [0.2, 0.25) is 5.82 Å². The molecule has 1 heterocycles. The Morgan fingerprint density at radius 3 is 2.57 bits per heavy atom. The summed E-state index contributed by atoms with van der Waals surface area (Å²) in [7, 11) is -4.09. The van der Waals surface area contributed by atoms with E-state index in [1.54, 1.807) is 6.07 Å². The Hall–Kier alpha value is -1.82. The van der Waals surface area contributed by atoms with Crippen molar-refractivity contribution in [2.24, 2.45) is 0 Å². The minimum absolute atomic E-state index is 0.0578. The number of sulfonamides is 1. The van der Waals surface area contributed by atoms with Gasteiger partial charge >= 0.3 is 5.69 Å². The maximum absolute atomic E-state index is 13.2. The van der Waals surface area contributed by atoms with E-state index in [9.17, 15) is 22.9 Å². The van der Waals surface area contributed by atoms with E-state index in [2.05, 4.69) is 9.71 Å². The second kappa shape index (κ2) is 5.89. The van der Waals surface area contributed by atoms with Crippen molar-refractivity contribution in [3.8, 4) is 0 Å². The fourth-order valence-corrected chi connectivity index (χ4v) is 2.78. The third-order valence-corrected chi connectivity index (χ3v) is 4.38. The number of halogens is 2. The lowest BCUT2D eigenvalue weighted by Gasteiger charge is -2.07. The van der Waals surface area contributed by atoms with Crippen LogP contribution in [0, 0.1) is 19.5 Å². The molecule has 2 aromatic rings. The fourth-order valence-electron chi connectivity index (χ4n) is 1.43. The summed E-state index contributed by atoms with van der Waals surface area (Å²) in [6.07, 6.45) is 1.45. The molecule has 0 radical (unpaired) electrons. The van der Waals surface area contributed by atoms with Crippen LogP contribution in [0.3, 0.4) is 0 Å². The number of anilines is 1. The third kappa shape index (κ3) is 3.64. The Balaban J connectivity index is 2.38. The summed E-state index contributed by atoms with van der Waals surface area (Å²) in [6.45, 7) is 0. The number of pyridine rings is 1. The van der Waals surface area contributed by atoms with Crippen LogP contribution < -0.4 is 4.72 Å². The van der Waals surface area contributed by atoms with Crippen molar-refractivity contribution < 1.29 is 17.7 Å². The van der Waals surface area contributed by atoms with Crippen LogP contribution in [-0.4, -0.2) is 18.3 Å². The second-order valence-electron chi connectivity index (χ2n) is 3.84. The van der Waals surface area contributed by atoms with Gasteiger partial charge in [0, 0.05) is 15.8 Å². The predicted molar refractivity (Wildman–Crippen MR) is 80.8 cm³/mol. The van der Waals surface area contributed by atoms with Gasteiger partial charge in [-0.15, -0.1) is 0 Å². The van der Waals surface area contributed by atoms with Crippen molar-refractivity contribution >= 4 is 44.1 Å². The molecule has 1 N–H and O–H groups in total. The van der Waals surface area contributed by atoms with E-state index in [1.165, 1.54) is 12.3 Å². The van der Waals surface area contributed by atoms with Crippen molar-refractivity contribution in [2.45, 2.75) is 4.90 Å². The van der Waals surface area contributed by atoms with Gasteiger partial charge in [-0.2, -0.15) is 4.39 Å². The molecule has 0 saturated heterocycles. The number of aromatic nitrogens is 1. The van der Waals surface area contributed by atoms with Crippen LogP contribution >= 0.6 is 22.6 Å². The summed E-state index contributed by atoms with van der Waals surface area (Å²) in [6, 6.07) is 5.41. The lowest BCUT2D eigenvalue weighted by Crippen LogP contribution is -2.14. The van der Waals surface area contributed by atoms with Gasteiger partial charge in [-0.25, -0.2) is 13.4 Å². The van der Waals surface area contributed by atoms with Gasteiger partial charge in [-0.3, -0.25) is 14.8 Å². The van der Waals surface area contributed by atoms with E-state index in [0.717, 1.165) is 15.7 Å². The number of hydrogen-bond acceptors (Lipinski definition) is 5. The minimum atomic E-state index is -4.09. The van der Waals surface area contributed by atoms with Crippen molar-refractivity contribution in [3.63, 3.8) is 0 Å². The molecule has 2 rings (SSSR count). The van der Waals surface area contributed by atoms with Gasteiger partial charge in [-0.05, 0) is 46.9 Å². The lowest BCUT2D eigenvalue weighted by atomic mass is 10.3. The van der Waals surface area contributed by atoms with E-state index in [-0.39, 0.29) is 5.82 Å². The van der Waals surface area contributed by atoms with E-state index in [1.807, 2.05) is 22.6 Å². The Labute approximate surface area is 132 Å². The van der Waals surface area contributed by atoms with Crippen LogP contribution in [0.2, 0.25) is 0 Å². The first-order valence-corrected chi connectivity index (χ1v) is 7.94. The summed E-state index contributed by atoms with van der Waals surface area (Å²) >= 11 is 2.00. The van der Waals surface area contributed by atoms with Crippen LogP contribution in [0.25, 0.3) is 0 Å². The summed E-state index contributed by atoms with van der Waals surface area (Å²) in [5.41, 5.74) is -0.909. The molecule has 7 nitrogen and oxygen atoms in total. The summed E-state index contributed by atoms with van der Waals surface area (Å²) < 4.78 is 40.3. The van der Waals surface area contributed by atoms with Crippen LogP contribution in [0.15, 0.2) is 41.4 Å². The van der Waals surface area contributed by atoms with Gasteiger partial charge in [0.15, 0.2) is 0 Å². The SMILES string of the molecule is O=[N+]([O-])c1cc(S(=O)(=O)Nc2ccc(I)cn2)ccc1F. The Morgan fingerprint density at radius 1 is 1.29 bits per heavy atom. The molecule has 0 aliphatic carbocycles. The fraction of sp³-hybridized carbons (Fsp3) is 0. The van der Waals surface area contributed by atoms with Crippen LogP contribution in [0.5, 0.6) is 0 Å². The highest BCUT2D eigenvalue weighted by Gasteiger charge is 2.21. The van der Waals surface area contributed by atoms with Gasteiger partial charge < -0.3 is 0 Å². The molecule has 1 aromatic carbocycles. The minimum Gasteiger partial charge on any atom is -0.263 e. The molecule has 0 aliphatic heterocycles.